The van der Waals surface area contributed by atoms with E-state index >= 15 is 0 Å². The molecule has 0 saturated carbocycles. The van der Waals surface area contributed by atoms with Crippen LogP contribution in [0.4, 0.5) is 0 Å². The maximum atomic E-state index is 13.0. The summed E-state index contributed by atoms with van der Waals surface area (Å²) < 4.78 is 39.7. The highest BCUT2D eigenvalue weighted by molar-refractivity contribution is 7.47. The van der Waals surface area contributed by atoms with Crippen molar-refractivity contribution in [3.63, 3.8) is 0 Å². The van der Waals surface area contributed by atoms with Crippen molar-refractivity contribution >= 4 is 25.7 Å². The second-order valence-corrected chi connectivity index (χ2v) is 23.7. The van der Waals surface area contributed by atoms with Gasteiger partial charge in [0.2, 0.25) is 0 Å². The summed E-state index contributed by atoms with van der Waals surface area (Å²) in [6.45, 7) is 4.56. The minimum absolute atomic E-state index is 0.162. The molecule has 0 bridgehead atoms. The van der Waals surface area contributed by atoms with Crippen molar-refractivity contribution < 1.29 is 52.2 Å². The molecule has 0 aromatic rings. The zero-order chi connectivity index (χ0) is 58.3. The van der Waals surface area contributed by atoms with E-state index in [4.69, 9.17) is 23.3 Å². The van der Waals surface area contributed by atoms with Gasteiger partial charge in [-0.2, -0.15) is 0 Å². The predicted octanol–water partition coefficient (Wildman–Crippen LogP) is 20.3. The van der Waals surface area contributed by atoms with Crippen molar-refractivity contribution in [2.24, 2.45) is 0 Å². The Bertz CT molecular complexity index is 1570. The molecule has 2 N–H and O–H groups in total. The molecule has 3 unspecified atom stereocenters. The van der Waals surface area contributed by atoms with Crippen LogP contribution in [0.2, 0.25) is 0 Å². The molecule has 12 heteroatoms. The molecule has 0 amide bonds. The summed E-state index contributed by atoms with van der Waals surface area (Å²) in [5.41, 5.74) is 0. The van der Waals surface area contributed by atoms with Gasteiger partial charge in [-0.05, 0) is 103 Å². The van der Waals surface area contributed by atoms with Crippen molar-refractivity contribution in [2.75, 3.05) is 26.4 Å². The van der Waals surface area contributed by atoms with Crippen LogP contribution in [0, 0.1) is 0 Å². The van der Waals surface area contributed by atoms with Crippen LogP contribution in [0.15, 0.2) is 60.8 Å². The SMILES string of the molecule is CC/C=C\C/C=C\C/C=C\CCCCCCCC(=O)OCC(COP(=O)(O)OCC(CO)OC(=O)CCCCCCCCCCC/C=C\CCCCCCCC)OC(=O)CCCCCCCCCCC/C=C\CCCCCCCC. The lowest BCUT2D eigenvalue weighted by Gasteiger charge is -2.21. The molecule has 466 valence electrons. The fourth-order valence-corrected chi connectivity index (χ4v) is 10.1. The largest absolute Gasteiger partial charge is 0.472 e. The predicted molar refractivity (Wildman–Crippen MR) is 335 cm³/mol. The number of phosphoric ester groups is 1. The van der Waals surface area contributed by atoms with Crippen LogP contribution < -0.4 is 0 Å². The Kier molecular flexibility index (Phi) is 60.0. The van der Waals surface area contributed by atoms with Crippen molar-refractivity contribution in [3.05, 3.63) is 60.8 Å². The number of hydrogen-bond donors (Lipinski definition) is 2. The first-order valence-corrected chi connectivity index (χ1v) is 34.7. The zero-order valence-corrected chi connectivity index (χ0v) is 52.7. The van der Waals surface area contributed by atoms with E-state index in [9.17, 15) is 28.9 Å². The molecule has 0 fully saturated rings. The molecule has 0 heterocycles. The first-order valence-electron chi connectivity index (χ1n) is 33.2. The first-order chi connectivity index (χ1) is 39.2. The fourth-order valence-electron chi connectivity index (χ4n) is 9.36. The summed E-state index contributed by atoms with van der Waals surface area (Å²) in [4.78, 5) is 48.8. The van der Waals surface area contributed by atoms with E-state index in [1.54, 1.807) is 0 Å². The van der Waals surface area contributed by atoms with Crippen molar-refractivity contribution in [2.45, 2.75) is 328 Å². The van der Waals surface area contributed by atoms with Crippen molar-refractivity contribution in [1.29, 1.82) is 0 Å². The van der Waals surface area contributed by atoms with Crippen molar-refractivity contribution in [1.82, 2.24) is 0 Å². The molecule has 0 spiro atoms. The molecule has 0 rings (SSSR count). The average Bonchev–Trinajstić information content (AvgIpc) is 3.45. The minimum atomic E-state index is -4.76. The van der Waals surface area contributed by atoms with Gasteiger partial charge in [0.05, 0.1) is 19.8 Å². The molecule has 80 heavy (non-hydrogen) atoms. The molecule has 0 aliphatic carbocycles. The minimum Gasteiger partial charge on any atom is -0.462 e. The van der Waals surface area contributed by atoms with Crippen LogP contribution in [0.25, 0.3) is 0 Å². The molecule has 0 aliphatic rings. The van der Waals surface area contributed by atoms with Gasteiger partial charge in [0.25, 0.3) is 0 Å². The number of allylic oxidation sites excluding steroid dienone is 10. The molecule has 0 radical (unpaired) electrons. The maximum Gasteiger partial charge on any atom is 0.472 e. The van der Waals surface area contributed by atoms with Crippen molar-refractivity contribution in [3.8, 4) is 0 Å². The standard InChI is InChI=1S/C68H123O11P/c1-4-7-10-13-16-19-22-25-28-30-32-34-37-40-43-46-49-52-55-58-67(71)78-64(60-69)62-76-80(73,74)77-63-65(61-75-66(70)57-54-51-48-45-42-39-36-27-24-21-18-15-12-9-6-3)79-68(72)59-56-53-50-47-44-41-38-35-33-31-29-26-23-20-17-14-11-8-5-2/h9,12,18,21,25-29,36,64-65,69H,4-8,10-11,13-17,19-20,22-24,30-35,37-63H2,1-3H3,(H,73,74)/b12-9-,21-18-,28-25-,29-26-,36-27-. The smallest absolute Gasteiger partial charge is 0.462 e. The molecular weight excluding hydrogens is 1020 g/mol. The molecule has 3 atom stereocenters. The van der Waals surface area contributed by atoms with Crippen LogP contribution in [0.3, 0.4) is 0 Å². The number of unbranched alkanes of at least 4 members (excludes halogenated alkanes) is 35. The van der Waals surface area contributed by atoms with Crippen LogP contribution in [-0.4, -0.2) is 66.5 Å². The van der Waals surface area contributed by atoms with Gasteiger partial charge in [0.15, 0.2) is 6.10 Å². The summed E-state index contributed by atoms with van der Waals surface area (Å²) in [5.74, 6) is -1.47. The van der Waals surface area contributed by atoms with Gasteiger partial charge >= 0.3 is 25.7 Å². The molecule has 0 aromatic heterocycles. The van der Waals surface area contributed by atoms with E-state index in [0.717, 1.165) is 89.9 Å². The van der Waals surface area contributed by atoms with E-state index in [-0.39, 0.29) is 25.9 Å². The number of phosphoric acid groups is 1. The van der Waals surface area contributed by atoms with E-state index in [1.165, 1.54) is 167 Å². The molecule has 11 nitrogen and oxygen atoms in total. The third kappa shape index (κ3) is 59.8. The molecule has 0 saturated heterocycles. The van der Waals surface area contributed by atoms with E-state index < -0.39 is 57.8 Å². The van der Waals surface area contributed by atoms with Crippen LogP contribution >= 0.6 is 7.82 Å². The van der Waals surface area contributed by atoms with Gasteiger partial charge in [-0.25, -0.2) is 4.57 Å². The quantitative estimate of drug-likeness (QED) is 0.0197. The van der Waals surface area contributed by atoms with Crippen LogP contribution in [-0.2, 0) is 42.2 Å². The van der Waals surface area contributed by atoms with E-state index in [0.29, 0.717) is 19.3 Å². The summed E-state index contributed by atoms with van der Waals surface area (Å²) >= 11 is 0. The van der Waals surface area contributed by atoms with Gasteiger partial charge in [-0.15, -0.1) is 0 Å². The Morgan fingerprint density at radius 3 is 1.01 bits per heavy atom. The highest BCUT2D eigenvalue weighted by Crippen LogP contribution is 2.43. The summed E-state index contributed by atoms with van der Waals surface area (Å²) in [6.07, 6.45) is 70.3. The number of esters is 3. The number of ether oxygens (including phenoxy) is 3. The van der Waals surface area contributed by atoms with E-state index in [1.807, 2.05) is 0 Å². The Balaban J connectivity index is 4.66. The Labute approximate surface area is 491 Å². The number of hydrogen-bond acceptors (Lipinski definition) is 10. The maximum absolute atomic E-state index is 13.0. The lowest BCUT2D eigenvalue weighted by molar-refractivity contribution is -0.161. The number of carbonyl (C=O) groups excluding carboxylic acids is 3. The normalized spacial score (nSPS) is 13.6. The summed E-state index contributed by atoms with van der Waals surface area (Å²) in [5, 5.41) is 9.87. The van der Waals surface area contributed by atoms with Gasteiger partial charge in [-0.1, -0.05) is 255 Å². The lowest BCUT2D eigenvalue weighted by atomic mass is 10.1. The van der Waals surface area contributed by atoms with Gasteiger partial charge in [0.1, 0.15) is 12.7 Å². The van der Waals surface area contributed by atoms with Gasteiger partial charge in [-0.3, -0.25) is 23.4 Å². The van der Waals surface area contributed by atoms with Crippen LogP contribution in [0.5, 0.6) is 0 Å². The average molecular weight is 1150 g/mol. The lowest BCUT2D eigenvalue weighted by Crippen LogP contribution is -2.30. The van der Waals surface area contributed by atoms with Crippen LogP contribution in [0.1, 0.15) is 316 Å². The number of rotatable bonds is 62. The second kappa shape index (κ2) is 62.2. The highest BCUT2D eigenvalue weighted by atomic mass is 31.2. The third-order valence-electron chi connectivity index (χ3n) is 14.4. The number of aliphatic hydroxyl groups excluding tert-OH is 1. The Hall–Kier alpha value is -2.82. The highest BCUT2D eigenvalue weighted by Gasteiger charge is 2.28. The topological polar surface area (TPSA) is 155 Å². The fraction of sp³-hybridized carbons (Fsp3) is 0.809. The van der Waals surface area contributed by atoms with Gasteiger partial charge in [0, 0.05) is 19.3 Å². The number of carbonyl (C=O) groups is 3. The summed E-state index contributed by atoms with van der Waals surface area (Å²) in [7, 11) is -4.76. The van der Waals surface area contributed by atoms with Gasteiger partial charge < -0.3 is 24.2 Å². The first kappa shape index (κ1) is 77.2. The van der Waals surface area contributed by atoms with E-state index in [2.05, 4.69) is 81.5 Å². The monoisotopic (exact) mass is 1150 g/mol. The molecule has 0 aliphatic heterocycles. The molecule has 0 aromatic carbocycles. The zero-order valence-electron chi connectivity index (χ0n) is 51.8. The Morgan fingerprint density at radius 1 is 0.362 bits per heavy atom. The third-order valence-corrected chi connectivity index (χ3v) is 15.3. The Morgan fingerprint density at radius 2 is 0.650 bits per heavy atom. The second-order valence-electron chi connectivity index (χ2n) is 22.2. The molecular formula is C68H123O11P. The summed E-state index contributed by atoms with van der Waals surface area (Å²) in [6, 6.07) is 0. The number of aliphatic hydroxyl groups is 1.